The lowest BCUT2D eigenvalue weighted by atomic mass is 10.2. The van der Waals surface area contributed by atoms with E-state index in [4.69, 9.17) is 16.3 Å². The molecule has 0 spiro atoms. The van der Waals surface area contributed by atoms with Gasteiger partial charge in [0.1, 0.15) is 5.75 Å². The van der Waals surface area contributed by atoms with Gasteiger partial charge in [0, 0.05) is 6.07 Å². The lowest BCUT2D eigenvalue weighted by Crippen LogP contribution is -2.15. The number of aromatic amines is 1. The van der Waals surface area contributed by atoms with Crippen molar-refractivity contribution in [3.05, 3.63) is 47.0 Å². The third-order valence-corrected chi connectivity index (χ3v) is 4.76. The van der Waals surface area contributed by atoms with E-state index >= 15 is 0 Å². The molecule has 0 aliphatic rings. The van der Waals surface area contributed by atoms with E-state index in [1.807, 2.05) is 0 Å². The highest BCUT2D eigenvalue weighted by molar-refractivity contribution is 7.99. The second-order valence-electron chi connectivity index (χ2n) is 5.45. The fourth-order valence-electron chi connectivity index (χ4n) is 2.27. The summed E-state index contributed by atoms with van der Waals surface area (Å²) in [7, 11) is 1.56. The number of carbonyl (C=O) groups is 1. The van der Waals surface area contributed by atoms with Crippen LogP contribution in [0, 0.1) is 0 Å². The van der Waals surface area contributed by atoms with E-state index in [0.717, 1.165) is 41.0 Å². The van der Waals surface area contributed by atoms with Crippen molar-refractivity contribution in [3.8, 4) is 5.75 Å². The summed E-state index contributed by atoms with van der Waals surface area (Å²) in [4.78, 5) is 19.5. The molecule has 2 aromatic carbocycles. The maximum absolute atomic E-state index is 12.6. The van der Waals surface area contributed by atoms with Gasteiger partial charge in [-0.1, -0.05) is 23.4 Å². The molecule has 3 rings (SSSR count). The number of rotatable bonds is 5. The van der Waals surface area contributed by atoms with Crippen LogP contribution in [0.5, 0.6) is 5.75 Å². The molecule has 142 valence electrons. The summed E-state index contributed by atoms with van der Waals surface area (Å²) in [5.41, 5.74) is 0.731. The van der Waals surface area contributed by atoms with Crippen molar-refractivity contribution in [2.45, 2.75) is 11.3 Å². The van der Waals surface area contributed by atoms with Crippen LogP contribution in [0.15, 0.2) is 41.6 Å². The van der Waals surface area contributed by atoms with Crippen molar-refractivity contribution < 1.29 is 22.7 Å². The number of hydrogen-bond acceptors (Lipinski definition) is 4. The number of H-pyrrole nitrogens is 1. The molecule has 0 unspecified atom stereocenters. The first kappa shape index (κ1) is 19.4. The largest absolute Gasteiger partial charge is 0.497 e. The summed E-state index contributed by atoms with van der Waals surface area (Å²) in [6.07, 6.45) is -4.49. The normalized spacial score (nSPS) is 11.6. The minimum absolute atomic E-state index is 0.00824. The van der Waals surface area contributed by atoms with Crippen molar-refractivity contribution in [2.75, 3.05) is 18.2 Å². The molecule has 0 atom stereocenters. The van der Waals surface area contributed by atoms with Gasteiger partial charge < -0.3 is 15.0 Å². The smallest absolute Gasteiger partial charge is 0.416 e. The Labute approximate surface area is 161 Å². The third kappa shape index (κ3) is 4.67. The summed E-state index contributed by atoms with van der Waals surface area (Å²) >= 11 is 6.98. The van der Waals surface area contributed by atoms with Gasteiger partial charge in [0.15, 0.2) is 5.16 Å². The Morgan fingerprint density at radius 1 is 1.30 bits per heavy atom. The van der Waals surface area contributed by atoms with Crippen molar-refractivity contribution in [2.24, 2.45) is 0 Å². The number of benzene rings is 2. The number of amides is 1. The zero-order chi connectivity index (χ0) is 19.6. The molecule has 0 bridgehead atoms. The van der Waals surface area contributed by atoms with Gasteiger partial charge in [-0.25, -0.2) is 4.98 Å². The molecule has 0 fully saturated rings. The highest BCUT2D eigenvalue weighted by Crippen LogP contribution is 2.33. The molecule has 0 saturated heterocycles. The van der Waals surface area contributed by atoms with E-state index < -0.39 is 17.6 Å². The molecule has 10 heteroatoms. The lowest BCUT2D eigenvalue weighted by molar-refractivity contribution is -0.137. The van der Waals surface area contributed by atoms with Crippen LogP contribution in [0.25, 0.3) is 11.0 Å². The molecule has 0 aliphatic carbocycles. The van der Waals surface area contributed by atoms with Crippen LogP contribution in [0.1, 0.15) is 5.56 Å². The van der Waals surface area contributed by atoms with Gasteiger partial charge >= 0.3 is 6.18 Å². The van der Waals surface area contributed by atoms with Crippen molar-refractivity contribution in [1.29, 1.82) is 0 Å². The van der Waals surface area contributed by atoms with E-state index in [1.165, 1.54) is 0 Å². The van der Waals surface area contributed by atoms with E-state index in [1.54, 1.807) is 25.3 Å². The zero-order valence-corrected chi connectivity index (χ0v) is 15.4. The first-order chi connectivity index (χ1) is 12.8. The standard InChI is InChI=1S/C17H13ClF3N3O2S/c1-26-10-3-5-13-14(7-10)24-16(23-13)27-8-15(25)22-12-4-2-9(6-11(12)18)17(19,20)21/h2-7H,8H2,1H3,(H,22,25)(H,23,24). The summed E-state index contributed by atoms with van der Waals surface area (Å²) in [5, 5.41) is 2.84. The van der Waals surface area contributed by atoms with Crippen LogP contribution in [-0.2, 0) is 11.0 Å². The highest BCUT2D eigenvalue weighted by Gasteiger charge is 2.31. The SMILES string of the molecule is COc1ccc2nc(SCC(=O)Nc3ccc(C(F)(F)F)cc3Cl)[nH]c2c1. The Hall–Kier alpha value is -2.39. The number of imidazole rings is 1. The molecular weight excluding hydrogens is 403 g/mol. The van der Waals surface area contributed by atoms with E-state index in [9.17, 15) is 18.0 Å². The minimum atomic E-state index is -4.49. The number of alkyl halides is 3. The van der Waals surface area contributed by atoms with Gasteiger partial charge in [-0.15, -0.1) is 0 Å². The number of nitrogens with one attached hydrogen (secondary N) is 2. The molecular formula is C17H13ClF3N3O2S. The third-order valence-electron chi connectivity index (χ3n) is 3.58. The number of nitrogens with zero attached hydrogens (tertiary/aromatic N) is 1. The number of halogens is 4. The number of methoxy groups -OCH3 is 1. The fourth-order valence-corrected chi connectivity index (χ4v) is 3.19. The number of ether oxygens (including phenoxy) is 1. The summed E-state index contributed by atoms with van der Waals surface area (Å²) in [6, 6.07) is 8.11. The Morgan fingerprint density at radius 3 is 2.74 bits per heavy atom. The van der Waals surface area contributed by atoms with Gasteiger partial charge in [0.25, 0.3) is 0 Å². The van der Waals surface area contributed by atoms with Crippen molar-refractivity contribution in [1.82, 2.24) is 9.97 Å². The van der Waals surface area contributed by atoms with Crippen LogP contribution in [-0.4, -0.2) is 28.7 Å². The Morgan fingerprint density at radius 2 is 2.07 bits per heavy atom. The summed E-state index contributed by atoms with van der Waals surface area (Å²) in [6.45, 7) is 0. The number of anilines is 1. The Balaban J connectivity index is 1.63. The predicted octanol–water partition coefficient (Wildman–Crippen LogP) is 4.97. The number of carbonyl (C=O) groups excluding carboxylic acids is 1. The fraction of sp³-hybridized carbons (Fsp3) is 0.176. The maximum Gasteiger partial charge on any atom is 0.416 e. The summed E-state index contributed by atoms with van der Waals surface area (Å²) < 4.78 is 43.1. The first-order valence-electron chi connectivity index (χ1n) is 7.59. The first-order valence-corrected chi connectivity index (χ1v) is 8.96. The molecule has 27 heavy (non-hydrogen) atoms. The van der Waals surface area contributed by atoms with Crippen LogP contribution >= 0.6 is 23.4 Å². The predicted molar refractivity (Wildman–Crippen MR) is 98.5 cm³/mol. The second-order valence-corrected chi connectivity index (χ2v) is 6.83. The van der Waals surface area contributed by atoms with Crippen molar-refractivity contribution >= 4 is 46.0 Å². The Kier molecular flexibility index (Phi) is 5.52. The number of aromatic nitrogens is 2. The molecule has 3 aromatic rings. The molecule has 2 N–H and O–H groups in total. The molecule has 1 amide bonds. The van der Waals surface area contributed by atoms with E-state index in [2.05, 4.69) is 15.3 Å². The quantitative estimate of drug-likeness (QED) is 0.577. The van der Waals surface area contributed by atoms with Crippen LogP contribution in [0.2, 0.25) is 5.02 Å². The van der Waals surface area contributed by atoms with Gasteiger partial charge in [-0.2, -0.15) is 13.2 Å². The van der Waals surface area contributed by atoms with Crippen molar-refractivity contribution in [3.63, 3.8) is 0 Å². The Bertz CT molecular complexity index is 991. The van der Waals surface area contributed by atoms with Crippen LogP contribution < -0.4 is 10.1 Å². The monoisotopic (exact) mass is 415 g/mol. The second kappa shape index (κ2) is 7.69. The van der Waals surface area contributed by atoms with Gasteiger partial charge in [-0.3, -0.25) is 4.79 Å². The maximum atomic E-state index is 12.6. The lowest BCUT2D eigenvalue weighted by Gasteiger charge is -2.10. The van der Waals surface area contributed by atoms with Crippen LogP contribution in [0.4, 0.5) is 18.9 Å². The molecule has 0 radical (unpaired) electrons. The number of fused-ring (bicyclic) bond motifs is 1. The van der Waals surface area contributed by atoms with E-state index in [-0.39, 0.29) is 16.5 Å². The molecule has 1 heterocycles. The molecule has 0 saturated carbocycles. The molecule has 1 aromatic heterocycles. The number of hydrogen-bond donors (Lipinski definition) is 2. The molecule has 0 aliphatic heterocycles. The van der Waals surface area contributed by atoms with Gasteiger partial charge in [0.05, 0.1) is 40.2 Å². The van der Waals surface area contributed by atoms with Crippen LogP contribution in [0.3, 0.4) is 0 Å². The highest BCUT2D eigenvalue weighted by atomic mass is 35.5. The van der Waals surface area contributed by atoms with Gasteiger partial charge in [0.2, 0.25) is 5.91 Å². The van der Waals surface area contributed by atoms with E-state index in [0.29, 0.717) is 10.9 Å². The topological polar surface area (TPSA) is 67.0 Å². The molecule has 5 nitrogen and oxygen atoms in total. The zero-order valence-electron chi connectivity index (χ0n) is 13.9. The average molecular weight is 416 g/mol. The number of thioether (sulfide) groups is 1. The average Bonchev–Trinajstić information content (AvgIpc) is 3.02. The summed E-state index contributed by atoms with van der Waals surface area (Å²) in [5.74, 6) is 0.269. The minimum Gasteiger partial charge on any atom is -0.497 e. The van der Waals surface area contributed by atoms with Gasteiger partial charge in [-0.05, 0) is 30.3 Å².